The molecule has 0 aliphatic heterocycles. The SMILES string of the molecule is CCOC(=O)c1ncc2c(c(Br)c(-c3ccc(Cl)cc3)n2-c2ccccc2)c1OC(=O)C(C)(C)C. The summed E-state index contributed by atoms with van der Waals surface area (Å²) in [6.45, 7) is 7.11. The average molecular weight is 556 g/mol. The number of esters is 2. The molecular weight excluding hydrogens is 532 g/mol. The fourth-order valence-electron chi connectivity index (χ4n) is 3.60. The summed E-state index contributed by atoms with van der Waals surface area (Å²) >= 11 is 9.89. The van der Waals surface area contributed by atoms with E-state index in [2.05, 4.69) is 20.9 Å². The number of carbonyl (C=O) groups is 2. The lowest BCUT2D eigenvalue weighted by Gasteiger charge is -2.18. The zero-order valence-corrected chi connectivity index (χ0v) is 22.1. The second kappa shape index (κ2) is 9.84. The van der Waals surface area contributed by atoms with E-state index in [1.807, 2.05) is 47.0 Å². The first-order valence-corrected chi connectivity index (χ1v) is 12.2. The van der Waals surface area contributed by atoms with Crippen LogP contribution in [0.4, 0.5) is 0 Å². The monoisotopic (exact) mass is 554 g/mol. The molecule has 0 amide bonds. The molecule has 2 heterocycles. The van der Waals surface area contributed by atoms with Crippen LogP contribution in [-0.2, 0) is 9.53 Å². The minimum atomic E-state index is -0.804. The summed E-state index contributed by atoms with van der Waals surface area (Å²) in [5.74, 6) is -1.11. The van der Waals surface area contributed by atoms with Gasteiger partial charge in [-0.2, -0.15) is 0 Å². The quantitative estimate of drug-likeness (QED) is 0.243. The van der Waals surface area contributed by atoms with Crippen LogP contribution < -0.4 is 4.74 Å². The average Bonchev–Trinajstić information content (AvgIpc) is 3.12. The van der Waals surface area contributed by atoms with E-state index in [-0.39, 0.29) is 18.1 Å². The van der Waals surface area contributed by atoms with Gasteiger partial charge < -0.3 is 14.0 Å². The highest BCUT2D eigenvalue weighted by Gasteiger charge is 2.31. The van der Waals surface area contributed by atoms with Crippen molar-refractivity contribution in [3.05, 3.63) is 76.0 Å². The lowest BCUT2D eigenvalue weighted by atomic mass is 9.97. The first-order valence-electron chi connectivity index (χ1n) is 11.1. The van der Waals surface area contributed by atoms with Crippen LogP contribution in [0.2, 0.25) is 5.02 Å². The minimum Gasteiger partial charge on any atom is -0.461 e. The van der Waals surface area contributed by atoms with Gasteiger partial charge in [0, 0.05) is 10.7 Å². The molecule has 4 aromatic rings. The molecule has 0 fully saturated rings. The zero-order valence-electron chi connectivity index (χ0n) is 19.8. The van der Waals surface area contributed by atoms with Crippen molar-refractivity contribution >= 4 is 50.4 Å². The van der Waals surface area contributed by atoms with Gasteiger partial charge in [-0.1, -0.05) is 41.9 Å². The van der Waals surface area contributed by atoms with E-state index < -0.39 is 17.4 Å². The molecule has 0 bridgehead atoms. The number of hydrogen-bond donors (Lipinski definition) is 0. The van der Waals surface area contributed by atoms with Crippen molar-refractivity contribution in [1.29, 1.82) is 0 Å². The predicted molar refractivity (Wildman–Crippen MR) is 140 cm³/mol. The van der Waals surface area contributed by atoms with Crippen molar-refractivity contribution in [2.45, 2.75) is 27.7 Å². The molecule has 35 heavy (non-hydrogen) atoms. The van der Waals surface area contributed by atoms with Gasteiger partial charge >= 0.3 is 11.9 Å². The third kappa shape index (κ3) is 4.83. The third-order valence-electron chi connectivity index (χ3n) is 5.31. The lowest BCUT2D eigenvalue weighted by molar-refractivity contribution is -0.142. The number of nitrogens with zero attached hydrogens (tertiary/aromatic N) is 2. The second-order valence-corrected chi connectivity index (χ2v) is 10.1. The Morgan fingerprint density at radius 3 is 2.31 bits per heavy atom. The van der Waals surface area contributed by atoms with Crippen LogP contribution in [0.3, 0.4) is 0 Å². The van der Waals surface area contributed by atoms with Gasteiger partial charge in [-0.15, -0.1) is 0 Å². The molecule has 0 N–H and O–H groups in total. The summed E-state index contributed by atoms with van der Waals surface area (Å²) in [7, 11) is 0. The molecule has 6 nitrogen and oxygen atoms in total. The minimum absolute atomic E-state index is 0.0534. The van der Waals surface area contributed by atoms with Gasteiger partial charge in [0.2, 0.25) is 0 Å². The molecule has 8 heteroatoms. The highest BCUT2D eigenvalue weighted by Crippen LogP contribution is 2.45. The van der Waals surface area contributed by atoms with Crippen molar-refractivity contribution < 1.29 is 19.1 Å². The standard InChI is InChI=1S/C27H24BrClN2O4/c1-5-34-25(32)22-24(35-26(33)27(2,3)4)20-19(15-30-22)31(18-9-7-6-8-10-18)23(21(20)28)16-11-13-17(29)14-12-16/h6-15H,5H2,1-4H3. The Bertz CT molecular complexity index is 1410. The summed E-state index contributed by atoms with van der Waals surface area (Å²) < 4.78 is 13.7. The molecule has 0 saturated carbocycles. The number of benzene rings is 2. The Hall–Kier alpha value is -3.16. The Morgan fingerprint density at radius 1 is 1.06 bits per heavy atom. The smallest absolute Gasteiger partial charge is 0.360 e. The van der Waals surface area contributed by atoms with E-state index in [1.54, 1.807) is 46.0 Å². The highest BCUT2D eigenvalue weighted by atomic mass is 79.9. The molecule has 2 aromatic heterocycles. The van der Waals surface area contributed by atoms with Crippen molar-refractivity contribution in [3.63, 3.8) is 0 Å². The summed E-state index contributed by atoms with van der Waals surface area (Å²) in [6.07, 6.45) is 1.59. The van der Waals surface area contributed by atoms with Gasteiger partial charge in [-0.25, -0.2) is 9.78 Å². The highest BCUT2D eigenvalue weighted by molar-refractivity contribution is 9.10. The maximum atomic E-state index is 13.0. The maximum Gasteiger partial charge on any atom is 0.360 e. The summed E-state index contributed by atoms with van der Waals surface area (Å²) in [6, 6.07) is 17.1. The Morgan fingerprint density at radius 2 is 1.71 bits per heavy atom. The van der Waals surface area contributed by atoms with E-state index in [0.29, 0.717) is 20.4 Å². The van der Waals surface area contributed by atoms with Crippen LogP contribution in [0.1, 0.15) is 38.2 Å². The summed E-state index contributed by atoms with van der Waals surface area (Å²) in [5.41, 5.74) is 2.31. The van der Waals surface area contributed by atoms with E-state index in [1.165, 1.54) is 0 Å². The van der Waals surface area contributed by atoms with E-state index in [4.69, 9.17) is 21.1 Å². The Labute approximate surface area is 217 Å². The Kier molecular flexibility index (Phi) is 7.01. The molecule has 0 aliphatic rings. The van der Waals surface area contributed by atoms with Crippen molar-refractivity contribution in [2.24, 2.45) is 5.41 Å². The van der Waals surface area contributed by atoms with Gasteiger partial charge in [-0.3, -0.25) is 4.79 Å². The van der Waals surface area contributed by atoms with E-state index in [0.717, 1.165) is 16.9 Å². The van der Waals surface area contributed by atoms with Crippen LogP contribution in [0.25, 0.3) is 27.8 Å². The van der Waals surface area contributed by atoms with Gasteiger partial charge in [0.1, 0.15) is 0 Å². The van der Waals surface area contributed by atoms with Crippen LogP contribution in [0.15, 0.2) is 65.3 Å². The number of halogens is 2. The molecule has 0 atom stereocenters. The summed E-state index contributed by atoms with van der Waals surface area (Å²) in [4.78, 5) is 30.2. The predicted octanol–water partition coefficient (Wildman–Crippen LogP) is 7.24. The van der Waals surface area contributed by atoms with Gasteiger partial charge in [0.05, 0.1) is 39.3 Å². The number of para-hydroxylation sites is 1. The first-order chi connectivity index (χ1) is 16.6. The largest absolute Gasteiger partial charge is 0.461 e. The number of fused-ring (bicyclic) bond motifs is 1. The topological polar surface area (TPSA) is 70.4 Å². The molecule has 2 aromatic carbocycles. The molecule has 4 rings (SSSR count). The van der Waals surface area contributed by atoms with Crippen LogP contribution >= 0.6 is 27.5 Å². The van der Waals surface area contributed by atoms with Crippen molar-refractivity contribution in [1.82, 2.24) is 9.55 Å². The normalized spacial score (nSPS) is 11.5. The van der Waals surface area contributed by atoms with E-state index in [9.17, 15) is 9.59 Å². The lowest BCUT2D eigenvalue weighted by Crippen LogP contribution is -2.26. The summed E-state index contributed by atoms with van der Waals surface area (Å²) in [5, 5.41) is 1.15. The number of rotatable bonds is 5. The third-order valence-corrected chi connectivity index (χ3v) is 6.34. The van der Waals surface area contributed by atoms with E-state index >= 15 is 0 Å². The number of pyridine rings is 1. The first kappa shape index (κ1) is 24.9. The molecule has 0 spiro atoms. The van der Waals surface area contributed by atoms with Crippen LogP contribution in [0, 0.1) is 5.41 Å². The molecular formula is C27H24BrClN2O4. The van der Waals surface area contributed by atoms with Gasteiger partial charge in [0.25, 0.3) is 0 Å². The van der Waals surface area contributed by atoms with Gasteiger partial charge in [-0.05, 0) is 73.5 Å². The number of hydrogen-bond acceptors (Lipinski definition) is 5. The maximum absolute atomic E-state index is 13.0. The molecule has 180 valence electrons. The number of ether oxygens (including phenoxy) is 2. The van der Waals surface area contributed by atoms with Crippen LogP contribution in [0.5, 0.6) is 5.75 Å². The number of aromatic nitrogens is 2. The molecule has 0 aliphatic carbocycles. The second-order valence-electron chi connectivity index (χ2n) is 8.90. The molecule has 0 saturated heterocycles. The van der Waals surface area contributed by atoms with Crippen molar-refractivity contribution in [2.75, 3.05) is 6.61 Å². The van der Waals surface area contributed by atoms with Crippen LogP contribution in [-0.4, -0.2) is 28.1 Å². The zero-order chi connectivity index (χ0) is 25.3. The fourth-order valence-corrected chi connectivity index (χ4v) is 4.52. The van der Waals surface area contributed by atoms with Gasteiger partial charge in [0.15, 0.2) is 11.4 Å². The van der Waals surface area contributed by atoms with Crippen molar-refractivity contribution in [3.8, 4) is 22.7 Å². The molecule has 0 unspecified atom stereocenters. The fraction of sp³-hybridized carbons (Fsp3) is 0.222. The molecule has 0 radical (unpaired) electrons. The number of carbonyl (C=O) groups excluding carboxylic acids is 2. The Balaban J connectivity index is 2.10.